The zero-order valence-electron chi connectivity index (χ0n) is 18.4. The van der Waals surface area contributed by atoms with E-state index in [0.29, 0.717) is 22.3 Å². The number of nitrogens with zero attached hydrogens (tertiary/aromatic N) is 4. The average molecular weight is 526 g/mol. The van der Waals surface area contributed by atoms with Crippen molar-refractivity contribution < 1.29 is 27.9 Å². The lowest BCUT2D eigenvalue weighted by Crippen LogP contribution is -2.29. The number of aliphatic hydroxyl groups is 1. The number of hydrogen-bond acceptors (Lipinski definition) is 11. The summed E-state index contributed by atoms with van der Waals surface area (Å²) >= 11 is 2.64. The first-order chi connectivity index (χ1) is 16.3. The normalized spacial score (nSPS) is 12.2. The molecule has 0 unspecified atom stereocenters. The van der Waals surface area contributed by atoms with Crippen molar-refractivity contribution >= 4 is 49.4 Å². The monoisotopic (exact) mass is 525 g/mol. The minimum Gasteiger partial charge on any atom is -0.395 e. The molecule has 3 aromatic rings. The lowest BCUT2D eigenvalue weighted by molar-refractivity contribution is -0.110. The average Bonchev–Trinajstić information content (AvgIpc) is 3.49. The zero-order chi connectivity index (χ0) is 24.6. The van der Waals surface area contributed by atoms with Crippen molar-refractivity contribution in [2.45, 2.75) is 18.1 Å². The fourth-order valence-corrected chi connectivity index (χ4v) is 5.12. The molecular formula is C20H23N5O6S3. The van der Waals surface area contributed by atoms with Gasteiger partial charge >= 0.3 is 0 Å². The number of hydrogen-bond donors (Lipinski definition) is 2. The highest BCUT2D eigenvalue weighted by molar-refractivity contribution is 7.89. The van der Waals surface area contributed by atoms with Gasteiger partial charge in [-0.25, -0.2) is 18.4 Å². The van der Waals surface area contributed by atoms with Crippen LogP contribution in [0.3, 0.4) is 0 Å². The summed E-state index contributed by atoms with van der Waals surface area (Å²) in [5.74, 6) is -0.578. The molecule has 3 rings (SSSR count). The van der Waals surface area contributed by atoms with E-state index in [1.54, 1.807) is 24.9 Å². The van der Waals surface area contributed by atoms with E-state index >= 15 is 0 Å². The second kappa shape index (κ2) is 12.1. The largest absolute Gasteiger partial charge is 0.395 e. The van der Waals surface area contributed by atoms with E-state index < -0.39 is 15.9 Å². The van der Waals surface area contributed by atoms with Gasteiger partial charge in [-0.05, 0) is 12.1 Å². The highest BCUT2D eigenvalue weighted by Gasteiger charge is 2.22. The van der Waals surface area contributed by atoms with Gasteiger partial charge in [-0.15, -0.1) is 11.3 Å². The van der Waals surface area contributed by atoms with Crippen molar-refractivity contribution in [1.29, 1.82) is 0 Å². The number of methoxy groups -OCH3 is 1. The zero-order valence-corrected chi connectivity index (χ0v) is 20.8. The molecule has 182 valence electrons. The first kappa shape index (κ1) is 25.9. The Hall–Kier alpha value is -2.75. The number of aliphatic hydroxyl groups excluding tert-OH is 1. The number of oxime groups is 1. The molecule has 0 aliphatic rings. The summed E-state index contributed by atoms with van der Waals surface area (Å²) < 4.78 is 31.3. The third-order valence-electron chi connectivity index (χ3n) is 4.35. The quantitative estimate of drug-likeness (QED) is 0.270. The summed E-state index contributed by atoms with van der Waals surface area (Å²) in [5, 5.41) is 18.5. The van der Waals surface area contributed by atoms with Crippen LogP contribution in [0.25, 0.3) is 0 Å². The summed E-state index contributed by atoms with van der Waals surface area (Å²) in [6.07, 6.45) is 3.23. The predicted molar refractivity (Wildman–Crippen MR) is 128 cm³/mol. The molecule has 2 heterocycles. The Morgan fingerprint density at radius 3 is 2.65 bits per heavy atom. The van der Waals surface area contributed by atoms with Crippen LogP contribution in [0, 0.1) is 0 Å². The Morgan fingerprint density at radius 1 is 1.24 bits per heavy atom. The summed E-state index contributed by atoms with van der Waals surface area (Å²) in [6.45, 7) is 0.0981. The molecular weight excluding hydrogens is 502 g/mol. The Labute approximate surface area is 204 Å². The molecule has 0 aliphatic carbocycles. The van der Waals surface area contributed by atoms with E-state index in [0.717, 1.165) is 9.18 Å². The Morgan fingerprint density at radius 2 is 2.00 bits per heavy atom. The molecule has 0 saturated heterocycles. The molecule has 2 aromatic heterocycles. The SMILES string of the molecule is COCc1cnc(NC(=O)C(=NOCc2nccs2)c2ccc(S(=O)(=O)N(C)CCO)cc2)s1. The van der Waals surface area contributed by atoms with Crippen molar-refractivity contribution in [3.05, 3.63) is 57.5 Å². The van der Waals surface area contributed by atoms with Crippen LogP contribution in [0.4, 0.5) is 5.13 Å². The van der Waals surface area contributed by atoms with Gasteiger partial charge in [0.15, 0.2) is 17.5 Å². The molecule has 14 heteroatoms. The van der Waals surface area contributed by atoms with Crippen LogP contribution in [0.1, 0.15) is 15.4 Å². The Kier molecular flexibility index (Phi) is 9.20. The third kappa shape index (κ3) is 6.65. The maximum atomic E-state index is 13.0. The summed E-state index contributed by atoms with van der Waals surface area (Å²) in [6, 6.07) is 5.65. The van der Waals surface area contributed by atoms with Crippen LogP contribution >= 0.6 is 22.7 Å². The van der Waals surface area contributed by atoms with E-state index in [4.69, 9.17) is 14.7 Å². The number of aromatic nitrogens is 2. The van der Waals surface area contributed by atoms with Gasteiger partial charge in [-0.1, -0.05) is 28.6 Å². The molecule has 0 bridgehead atoms. The number of anilines is 1. The lowest BCUT2D eigenvalue weighted by atomic mass is 10.1. The standard InChI is InChI=1S/C20H23N5O6S3/c1-25(8-9-26)34(28,29)16-5-3-14(4-6-16)18(24-31-13-17-21-7-10-32-17)19(27)23-20-22-11-15(33-20)12-30-2/h3-7,10-11,26H,8-9,12-13H2,1-2H3,(H,22,23,27). The van der Waals surface area contributed by atoms with Crippen LogP contribution in [-0.2, 0) is 37.6 Å². The summed E-state index contributed by atoms with van der Waals surface area (Å²) in [4.78, 5) is 27.4. The van der Waals surface area contributed by atoms with Crippen LogP contribution in [0.5, 0.6) is 0 Å². The van der Waals surface area contributed by atoms with Gasteiger partial charge in [0.05, 0.1) is 23.0 Å². The molecule has 11 nitrogen and oxygen atoms in total. The number of rotatable bonds is 12. The minimum absolute atomic E-state index is 0.0137. The van der Waals surface area contributed by atoms with Gasteiger partial charge in [0.1, 0.15) is 5.01 Å². The number of carbonyl (C=O) groups is 1. The Bertz CT molecular complexity index is 1210. The number of sulfonamides is 1. The third-order valence-corrected chi connectivity index (χ3v) is 7.86. The van der Waals surface area contributed by atoms with Gasteiger partial charge in [0, 0.05) is 44.0 Å². The van der Waals surface area contributed by atoms with Crippen LogP contribution in [-0.4, -0.2) is 66.7 Å². The second-order valence-electron chi connectivity index (χ2n) is 6.73. The van der Waals surface area contributed by atoms with Gasteiger partial charge in [0.25, 0.3) is 5.91 Å². The number of nitrogens with one attached hydrogen (secondary N) is 1. The first-order valence-corrected chi connectivity index (χ1v) is 13.0. The van der Waals surface area contributed by atoms with Crippen molar-refractivity contribution in [1.82, 2.24) is 14.3 Å². The highest BCUT2D eigenvalue weighted by atomic mass is 32.2. The maximum Gasteiger partial charge on any atom is 0.280 e. The van der Waals surface area contributed by atoms with E-state index in [-0.39, 0.29) is 30.4 Å². The number of likely N-dealkylation sites (N-methyl/N-ethyl adjacent to an activating group) is 1. The van der Waals surface area contributed by atoms with E-state index in [2.05, 4.69) is 20.4 Å². The molecule has 0 saturated carbocycles. The Balaban J connectivity index is 1.84. The van der Waals surface area contributed by atoms with Crippen molar-refractivity contribution in [2.75, 3.05) is 32.6 Å². The summed E-state index contributed by atoms with van der Waals surface area (Å²) in [5.41, 5.74) is 0.279. The van der Waals surface area contributed by atoms with Crippen LogP contribution < -0.4 is 5.32 Å². The topological polar surface area (TPSA) is 143 Å². The van der Waals surface area contributed by atoms with Crippen molar-refractivity contribution in [2.24, 2.45) is 5.16 Å². The fraction of sp³-hybridized carbons (Fsp3) is 0.300. The molecule has 1 aromatic carbocycles. The van der Waals surface area contributed by atoms with Gasteiger partial charge in [-0.3, -0.25) is 10.1 Å². The molecule has 0 fully saturated rings. The van der Waals surface area contributed by atoms with E-state index in [1.807, 2.05) is 0 Å². The second-order valence-corrected chi connectivity index (χ2v) is 10.9. The van der Waals surface area contributed by atoms with Crippen molar-refractivity contribution in [3.8, 4) is 0 Å². The van der Waals surface area contributed by atoms with Crippen LogP contribution in [0.2, 0.25) is 0 Å². The molecule has 1 amide bonds. The smallest absolute Gasteiger partial charge is 0.280 e. The van der Waals surface area contributed by atoms with Gasteiger partial charge < -0.3 is 14.7 Å². The lowest BCUT2D eigenvalue weighted by Gasteiger charge is -2.16. The van der Waals surface area contributed by atoms with Gasteiger partial charge in [0.2, 0.25) is 10.0 Å². The number of amides is 1. The number of carbonyl (C=O) groups excluding carboxylic acids is 1. The molecule has 0 radical (unpaired) electrons. The molecule has 2 N–H and O–H groups in total. The van der Waals surface area contributed by atoms with E-state index in [9.17, 15) is 13.2 Å². The van der Waals surface area contributed by atoms with Gasteiger partial charge in [-0.2, -0.15) is 4.31 Å². The van der Waals surface area contributed by atoms with Crippen LogP contribution in [0.15, 0.2) is 52.1 Å². The molecule has 34 heavy (non-hydrogen) atoms. The first-order valence-electron chi connectivity index (χ1n) is 9.86. The summed E-state index contributed by atoms with van der Waals surface area (Å²) in [7, 11) is -0.851. The predicted octanol–water partition coefficient (Wildman–Crippen LogP) is 1.92. The number of ether oxygens (including phenoxy) is 1. The molecule has 0 spiro atoms. The highest BCUT2D eigenvalue weighted by Crippen LogP contribution is 2.20. The minimum atomic E-state index is -3.79. The van der Waals surface area contributed by atoms with E-state index in [1.165, 1.54) is 54.0 Å². The molecule has 0 aliphatic heterocycles. The van der Waals surface area contributed by atoms with Crippen molar-refractivity contribution in [3.63, 3.8) is 0 Å². The maximum absolute atomic E-state index is 13.0. The molecule has 0 atom stereocenters. The number of thiazole rings is 2. The fourth-order valence-electron chi connectivity index (χ4n) is 2.66. The number of benzene rings is 1.